The highest BCUT2D eigenvalue weighted by molar-refractivity contribution is 6.33. The van der Waals surface area contributed by atoms with Crippen LogP contribution in [-0.2, 0) is 0 Å². The quantitative estimate of drug-likeness (QED) is 0.132. The molecule has 0 radical (unpaired) electrons. The number of fused-ring (bicyclic) bond motifs is 2. The predicted octanol–water partition coefficient (Wildman–Crippen LogP) is 0.139. The molecule has 1 aliphatic carbocycles. The smallest absolute Gasteiger partial charge is 0.200 e. The maximum atomic E-state index is 15.1. The van der Waals surface area contributed by atoms with Crippen molar-refractivity contribution in [1.82, 2.24) is 10.6 Å². The topological polar surface area (TPSA) is 163 Å². The number of aliphatic hydroxyl groups excluding tert-OH is 2. The predicted molar refractivity (Wildman–Crippen MR) is 120 cm³/mol. The Balaban J connectivity index is 2.10. The van der Waals surface area contributed by atoms with Crippen molar-refractivity contribution in [3.05, 3.63) is 46.0 Å². The Kier molecular flexibility index (Phi) is 8.34. The molecular formula is C22H26F2N4O6. The van der Waals surface area contributed by atoms with Crippen molar-refractivity contribution in [3.8, 4) is 11.5 Å². The molecule has 10 nitrogen and oxygen atoms in total. The van der Waals surface area contributed by atoms with E-state index in [4.69, 9.17) is 10.2 Å². The van der Waals surface area contributed by atoms with Crippen LogP contribution < -0.4 is 21.3 Å². The van der Waals surface area contributed by atoms with Crippen molar-refractivity contribution in [3.63, 3.8) is 0 Å². The fourth-order valence-electron chi connectivity index (χ4n) is 3.73. The van der Waals surface area contributed by atoms with Gasteiger partial charge in [-0.2, -0.15) is 0 Å². The maximum Gasteiger partial charge on any atom is 0.200 e. The summed E-state index contributed by atoms with van der Waals surface area (Å²) in [5.74, 6) is -5.86. The van der Waals surface area contributed by atoms with Crippen LogP contribution in [0.5, 0.6) is 11.5 Å². The van der Waals surface area contributed by atoms with Crippen molar-refractivity contribution < 1.29 is 38.8 Å². The summed E-state index contributed by atoms with van der Waals surface area (Å²) in [7, 11) is 0. The lowest BCUT2D eigenvalue weighted by Crippen LogP contribution is -2.30. The molecule has 3 rings (SSSR count). The summed E-state index contributed by atoms with van der Waals surface area (Å²) in [4.78, 5) is 26.7. The average molecular weight is 480 g/mol. The third-order valence-corrected chi connectivity index (χ3v) is 5.24. The molecule has 184 valence electrons. The number of hydrogen-bond donors (Lipinski definition) is 8. The first-order valence-corrected chi connectivity index (χ1v) is 10.6. The summed E-state index contributed by atoms with van der Waals surface area (Å²) < 4.78 is 30.3. The molecule has 0 bridgehead atoms. The highest BCUT2D eigenvalue weighted by Gasteiger charge is 2.41. The molecule has 0 amide bonds. The van der Waals surface area contributed by atoms with E-state index in [1.165, 1.54) is 0 Å². The summed E-state index contributed by atoms with van der Waals surface area (Å²) >= 11 is 0. The van der Waals surface area contributed by atoms with Crippen molar-refractivity contribution in [2.24, 2.45) is 0 Å². The van der Waals surface area contributed by atoms with Gasteiger partial charge in [0.25, 0.3) is 0 Å². The number of carbonyl (C=O) groups excluding carboxylic acids is 2. The van der Waals surface area contributed by atoms with E-state index in [0.29, 0.717) is 0 Å². The summed E-state index contributed by atoms with van der Waals surface area (Å²) in [5.41, 5.74) is -3.03. The first-order chi connectivity index (χ1) is 16.3. The van der Waals surface area contributed by atoms with Crippen LogP contribution in [0.1, 0.15) is 31.8 Å². The number of phenolic OH excluding ortho intramolecular Hbond substituents is 2. The molecule has 12 heteroatoms. The molecule has 0 unspecified atom stereocenters. The Morgan fingerprint density at radius 3 is 1.35 bits per heavy atom. The van der Waals surface area contributed by atoms with Gasteiger partial charge in [0.1, 0.15) is 11.5 Å². The van der Waals surface area contributed by atoms with E-state index < -0.39 is 68.3 Å². The number of carbonyl (C=O) groups is 2. The molecule has 0 aliphatic heterocycles. The Labute approximate surface area is 193 Å². The molecular weight excluding hydrogens is 454 g/mol. The molecule has 0 atom stereocenters. The highest BCUT2D eigenvalue weighted by Crippen LogP contribution is 2.44. The average Bonchev–Trinajstić information content (AvgIpc) is 2.82. The van der Waals surface area contributed by atoms with Gasteiger partial charge in [0.2, 0.25) is 11.6 Å². The second kappa shape index (κ2) is 11.2. The highest BCUT2D eigenvalue weighted by atomic mass is 19.2. The number of aromatic hydroxyl groups is 2. The van der Waals surface area contributed by atoms with Crippen molar-refractivity contribution in [2.75, 3.05) is 63.1 Å². The number of aliphatic hydroxyl groups is 2. The zero-order chi connectivity index (χ0) is 24.8. The van der Waals surface area contributed by atoms with Crippen LogP contribution in [0.3, 0.4) is 0 Å². The van der Waals surface area contributed by atoms with Gasteiger partial charge in [-0.25, -0.2) is 8.78 Å². The van der Waals surface area contributed by atoms with E-state index in [0.717, 1.165) is 12.1 Å². The summed E-state index contributed by atoms with van der Waals surface area (Å²) in [6, 6.07) is 2.06. The minimum atomic E-state index is -1.39. The molecule has 0 heterocycles. The number of nitrogens with one attached hydrogen (secondary N) is 4. The maximum absolute atomic E-state index is 15.1. The van der Waals surface area contributed by atoms with Crippen LogP contribution in [0.15, 0.2) is 12.1 Å². The monoisotopic (exact) mass is 480 g/mol. The van der Waals surface area contributed by atoms with Crippen LogP contribution in [0.4, 0.5) is 20.2 Å². The third-order valence-electron chi connectivity index (χ3n) is 5.24. The molecule has 8 N–H and O–H groups in total. The Morgan fingerprint density at radius 1 is 0.618 bits per heavy atom. The molecule has 2 aromatic carbocycles. The second-order valence-corrected chi connectivity index (χ2v) is 7.44. The number of phenols is 2. The van der Waals surface area contributed by atoms with Crippen LogP contribution >= 0.6 is 0 Å². The van der Waals surface area contributed by atoms with Crippen molar-refractivity contribution >= 4 is 22.9 Å². The van der Waals surface area contributed by atoms with Gasteiger partial charge in [-0.05, 0) is 12.1 Å². The SMILES string of the molecule is O=C1c2c(O)ccc(O)c2C(=O)c2c(NCCNCCO)c(F)c(F)c(NCCNCCO)c21. The summed E-state index contributed by atoms with van der Waals surface area (Å²) in [6.45, 7) is 0.803. The number of rotatable bonds is 12. The zero-order valence-corrected chi connectivity index (χ0v) is 18.2. The fourth-order valence-corrected chi connectivity index (χ4v) is 3.73. The summed E-state index contributed by atoms with van der Waals surface area (Å²) in [5, 5.41) is 49.0. The van der Waals surface area contributed by atoms with Crippen LogP contribution in [0.25, 0.3) is 0 Å². The molecule has 2 aromatic rings. The zero-order valence-electron chi connectivity index (χ0n) is 18.2. The largest absolute Gasteiger partial charge is 0.507 e. The van der Waals surface area contributed by atoms with E-state index in [9.17, 15) is 19.8 Å². The summed E-state index contributed by atoms with van der Waals surface area (Å²) in [6.07, 6.45) is 0. The van der Waals surface area contributed by atoms with E-state index in [1.807, 2.05) is 0 Å². The third kappa shape index (κ3) is 4.80. The van der Waals surface area contributed by atoms with E-state index >= 15 is 8.78 Å². The van der Waals surface area contributed by atoms with E-state index in [-0.39, 0.29) is 52.5 Å². The van der Waals surface area contributed by atoms with Crippen molar-refractivity contribution in [2.45, 2.75) is 0 Å². The number of ketones is 2. The Morgan fingerprint density at radius 2 is 1.00 bits per heavy atom. The van der Waals surface area contributed by atoms with Crippen LogP contribution in [-0.4, -0.2) is 84.5 Å². The Hall–Kier alpha value is -3.32. The first kappa shape index (κ1) is 25.3. The van der Waals surface area contributed by atoms with E-state index in [1.54, 1.807) is 0 Å². The minimum Gasteiger partial charge on any atom is -0.507 e. The van der Waals surface area contributed by atoms with Gasteiger partial charge < -0.3 is 41.7 Å². The molecule has 34 heavy (non-hydrogen) atoms. The van der Waals surface area contributed by atoms with Gasteiger partial charge >= 0.3 is 0 Å². The lowest BCUT2D eigenvalue weighted by molar-refractivity contribution is 0.0974. The molecule has 0 saturated carbocycles. The number of anilines is 2. The number of halogens is 2. The van der Waals surface area contributed by atoms with E-state index in [2.05, 4.69) is 21.3 Å². The lowest BCUT2D eigenvalue weighted by atomic mass is 9.81. The van der Waals surface area contributed by atoms with Gasteiger partial charge in [0.05, 0.1) is 46.8 Å². The van der Waals surface area contributed by atoms with Gasteiger partial charge in [-0.3, -0.25) is 9.59 Å². The number of hydrogen-bond acceptors (Lipinski definition) is 10. The number of benzene rings is 2. The van der Waals surface area contributed by atoms with Gasteiger partial charge in [0, 0.05) is 39.3 Å². The minimum absolute atomic E-state index is 0.0288. The standard InChI is InChI=1S/C22H26F2N4O6/c23-17-18(24)20(28-6-4-26-8-10-30)16-15(19(17)27-5-3-25-7-9-29)21(33)13-11(31)1-2-12(32)14(13)22(16)34/h1-2,25-32H,3-10H2. The van der Waals surface area contributed by atoms with Crippen LogP contribution in [0, 0.1) is 11.6 Å². The molecule has 1 aliphatic rings. The normalized spacial score (nSPS) is 12.5. The van der Waals surface area contributed by atoms with Crippen molar-refractivity contribution in [1.29, 1.82) is 0 Å². The van der Waals surface area contributed by atoms with Gasteiger partial charge in [-0.1, -0.05) is 0 Å². The second-order valence-electron chi connectivity index (χ2n) is 7.44. The first-order valence-electron chi connectivity index (χ1n) is 10.6. The lowest BCUT2D eigenvalue weighted by Gasteiger charge is -2.26. The fraction of sp³-hybridized carbons (Fsp3) is 0.364. The molecule has 0 fully saturated rings. The van der Waals surface area contributed by atoms with Gasteiger partial charge in [-0.15, -0.1) is 0 Å². The Bertz CT molecular complexity index is 1010. The molecule has 0 saturated heterocycles. The van der Waals surface area contributed by atoms with Crippen LogP contribution in [0.2, 0.25) is 0 Å². The van der Waals surface area contributed by atoms with Gasteiger partial charge in [0.15, 0.2) is 11.6 Å². The molecule has 0 spiro atoms. The molecule has 0 aromatic heterocycles.